The van der Waals surface area contributed by atoms with Crippen LogP contribution < -0.4 is 5.32 Å². The van der Waals surface area contributed by atoms with Crippen molar-refractivity contribution in [2.24, 2.45) is 0 Å². The minimum Gasteiger partial charge on any atom is -0.481 e. The molecule has 2 rings (SSSR count). The number of likely N-dealkylation sites (tertiary alicyclic amines) is 1. The van der Waals surface area contributed by atoms with Gasteiger partial charge in [0.2, 0.25) is 0 Å². The van der Waals surface area contributed by atoms with Crippen LogP contribution in [0.25, 0.3) is 0 Å². The Bertz CT molecular complexity index is 369. The average molecular weight is 310 g/mol. The van der Waals surface area contributed by atoms with Gasteiger partial charge in [-0.05, 0) is 53.4 Å². The van der Waals surface area contributed by atoms with E-state index in [2.05, 4.69) is 37.9 Å². The van der Waals surface area contributed by atoms with Gasteiger partial charge in [0.25, 0.3) is 0 Å². The fraction of sp³-hybridized carbons (Fsp3) is 0.944. The molecule has 0 aromatic rings. The van der Waals surface area contributed by atoms with E-state index in [1.165, 1.54) is 32.1 Å². The zero-order valence-electron chi connectivity index (χ0n) is 14.8. The van der Waals surface area contributed by atoms with Gasteiger partial charge in [-0.25, -0.2) is 0 Å². The Morgan fingerprint density at radius 1 is 1.09 bits per heavy atom. The van der Waals surface area contributed by atoms with E-state index in [0.717, 1.165) is 18.9 Å². The smallest absolute Gasteiger partial charge is 0.304 e. The lowest BCUT2D eigenvalue weighted by molar-refractivity contribution is -0.136. The lowest BCUT2D eigenvalue weighted by Crippen LogP contribution is -2.67. The number of rotatable bonds is 5. The van der Waals surface area contributed by atoms with Gasteiger partial charge in [0.1, 0.15) is 0 Å². The standard InChI is InChI=1S/C18H34N2O2/c1-17(2)12-14(19-11-10-16(21)22)13-18(3,4)20(17)15-8-6-5-7-9-15/h14-15,19H,5-13H2,1-4H3,(H,21,22). The quantitative estimate of drug-likeness (QED) is 0.817. The van der Waals surface area contributed by atoms with Gasteiger partial charge < -0.3 is 10.4 Å². The summed E-state index contributed by atoms with van der Waals surface area (Å²) in [6.45, 7) is 10.1. The summed E-state index contributed by atoms with van der Waals surface area (Å²) < 4.78 is 0. The summed E-state index contributed by atoms with van der Waals surface area (Å²) >= 11 is 0. The second-order valence-corrected chi connectivity index (χ2v) is 8.49. The third-order valence-corrected chi connectivity index (χ3v) is 5.51. The number of hydrogen-bond acceptors (Lipinski definition) is 3. The molecule has 2 fully saturated rings. The Hall–Kier alpha value is -0.610. The maximum absolute atomic E-state index is 10.7. The van der Waals surface area contributed by atoms with Gasteiger partial charge in [0.15, 0.2) is 0 Å². The SMILES string of the molecule is CC1(C)CC(NCCC(=O)O)CC(C)(C)N1C1CCCCC1. The van der Waals surface area contributed by atoms with Crippen molar-refractivity contribution in [2.75, 3.05) is 6.54 Å². The maximum atomic E-state index is 10.7. The van der Waals surface area contributed by atoms with E-state index in [9.17, 15) is 4.79 Å². The fourth-order valence-electron chi connectivity index (χ4n) is 5.15. The Kier molecular flexibility index (Phi) is 5.54. The summed E-state index contributed by atoms with van der Waals surface area (Å²) in [6.07, 6.45) is 9.22. The molecule has 1 heterocycles. The Labute approximate surface area is 135 Å². The third kappa shape index (κ3) is 4.23. The van der Waals surface area contributed by atoms with E-state index >= 15 is 0 Å². The molecule has 0 spiro atoms. The highest BCUT2D eigenvalue weighted by Crippen LogP contribution is 2.43. The first-order valence-electron chi connectivity index (χ1n) is 8.97. The van der Waals surface area contributed by atoms with E-state index in [4.69, 9.17) is 5.11 Å². The van der Waals surface area contributed by atoms with Crippen molar-refractivity contribution in [1.82, 2.24) is 10.2 Å². The van der Waals surface area contributed by atoms with Crippen LogP contribution in [-0.4, -0.2) is 45.7 Å². The first-order valence-corrected chi connectivity index (χ1v) is 8.97. The number of carbonyl (C=O) groups is 1. The largest absolute Gasteiger partial charge is 0.481 e. The zero-order chi connectivity index (χ0) is 16.4. The average Bonchev–Trinajstić information content (AvgIpc) is 2.36. The molecule has 2 N–H and O–H groups in total. The van der Waals surface area contributed by atoms with Gasteiger partial charge in [-0.2, -0.15) is 0 Å². The molecule has 2 aliphatic rings. The first-order chi connectivity index (χ1) is 10.2. The second-order valence-electron chi connectivity index (χ2n) is 8.49. The molecule has 4 nitrogen and oxygen atoms in total. The van der Waals surface area contributed by atoms with Crippen molar-refractivity contribution in [3.8, 4) is 0 Å². The highest BCUT2D eigenvalue weighted by atomic mass is 16.4. The number of hydrogen-bond donors (Lipinski definition) is 2. The lowest BCUT2D eigenvalue weighted by Gasteiger charge is -2.59. The van der Waals surface area contributed by atoms with Crippen molar-refractivity contribution in [3.63, 3.8) is 0 Å². The molecule has 0 aromatic carbocycles. The summed E-state index contributed by atoms with van der Waals surface area (Å²) in [7, 11) is 0. The highest BCUT2D eigenvalue weighted by Gasteiger charge is 2.47. The van der Waals surface area contributed by atoms with Gasteiger partial charge in [-0.15, -0.1) is 0 Å². The fourth-order valence-corrected chi connectivity index (χ4v) is 5.15. The van der Waals surface area contributed by atoms with Crippen LogP contribution in [0, 0.1) is 0 Å². The number of carboxylic acid groups (broad SMARTS) is 1. The molecule has 4 heteroatoms. The van der Waals surface area contributed by atoms with Crippen molar-refractivity contribution in [2.45, 2.75) is 102 Å². The van der Waals surface area contributed by atoms with Gasteiger partial charge in [0.05, 0.1) is 6.42 Å². The molecule has 128 valence electrons. The topological polar surface area (TPSA) is 52.6 Å². The molecule has 1 aliphatic carbocycles. The molecule has 1 saturated heterocycles. The van der Waals surface area contributed by atoms with Crippen LogP contribution >= 0.6 is 0 Å². The molecular weight excluding hydrogens is 276 g/mol. The molecule has 0 atom stereocenters. The van der Waals surface area contributed by atoms with Crippen molar-refractivity contribution in [1.29, 1.82) is 0 Å². The van der Waals surface area contributed by atoms with Crippen molar-refractivity contribution >= 4 is 5.97 Å². The van der Waals surface area contributed by atoms with Gasteiger partial charge in [0, 0.05) is 29.7 Å². The van der Waals surface area contributed by atoms with E-state index in [-0.39, 0.29) is 17.5 Å². The van der Waals surface area contributed by atoms with Crippen LogP contribution in [0.5, 0.6) is 0 Å². The molecule has 0 bridgehead atoms. The number of aliphatic carboxylic acids is 1. The molecule has 1 saturated carbocycles. The van der Waals surface area contributed by atoms with Gasteiger partial charge in [-0.1, -0.05) is 19.3 Å². The second kappa shape index (κ2) is 6.88. The maximum Gasteiger partial charge on any atom is 0.304 e. The molecule has 0 amide bonds. The lowest BCUT2D eigenvalue weighted by atomic mass is 9.74. The summed E-state index contributed by atoms with van der Waals surface area (Å²) in [4.78, 5) is 13.5. The summed E-state index contributed by atoms with van der Waals surface area (Å²) in [5.41, 5.74) is 0.343. The Morgan fingerprint density at radius 2 is 1.64 bits per heavy atom. The predicted molar refractivity (Wildman–Crippen MR) is 90.1 cm³/mol. The summed E-state index contributed by atoms with van der Waals surface area (Å²) in [5.74, 6) is -0.717. The van der Waals surface area contributed by atoms with Crippen LogP contribution in [0.4, 0.5) is 0 Å². The molecular formula is C18H34N2O2. The minimum atomic E-state index is -0.717. The summed E-state index contributed by atoms with van der Waals surface area (Å²) in [5, 5.41) is 12.3. The first kappa shape index (κ1) is 17.7. The molecule has 1 aliphatic heterocycles. The van der Waals surface area contributed by atoms with Crippen LogP contribution in [0.15, 0.2) is 0 Å². The van der Waals surface area contributed by atoms with Gasteiger partial charge >= 0.3 is 5.97 Å². The normalized spacial score (nSPS) is 26.9. The monoisotopic (exact) mass is 310 g/mol. The van der Waals surface area contributed by atoms with E-state index in [1.807, 2.05) is 0 Å². The third-order valence-electron chi connectivity index (χ3n) is 5.51. The number of carboxylic acids is 1. The Balaban J connectivity index is 2.03. The molecule has 0 aromatic heterocycles. The number of nitrogens with one attached hydrogen (secondary N) is 1. The van der Waals surface area contributed by atoms with Crippen LogP contribution in [0.3, 0.4) is 0 Å². The van der Waals surface area contributed by atoms with E-state index < -0.39 is 5.97 Å². The van der Waals surface area contributed by atoms with Crippen molar-refractivity contribution < 1.29 is 9.90 Å². The van der Waals surface area contributed by atoms with E-state index in [0.29, 0.717) is 12.6 Å². The Morgan fingerprint density at radius 3 is 2.14 bits per heavy atom. The number of nitrogens with zero attached hydrogens (tertiary/aromatic N) is 1. The van der Waals surface area contributed by atoms with Gasteiger partial charge in [-0.3, -0.25) is 9.69 Å². The predicted octanol–water partition coefficient (Wildman–Crippen LogP) is 3.41. The molecule has 0 unspecified atom stereocenters. The van der Waals surface area contributed by atoms with Crippen LogP contribution in [-0.2, 0) is 4.79 Å². The zero-order valence-corrected chi connectivity index (χ0v) is 14.8. The summed E-state index contributed by atoms with van der Waals surface area (Å²) in [6, 6.07) is 1.14. The minimum absolute atomic E-state index is 0.171. The number of piperidine rings is 1. The van der Waals surface area contributed by atoms with E-state index in [1.54, 1.807) is 0 Å². The van der Waals surface area contributed by atoms with Crippen LogP contribution in [0.1, 0.15) is 79.1 Å². The van der Waals surface area contributed by atoms with Crippen molar-refractivity contribution in [3.05, 3.63) is 0 Å². The highest BCUT2D eigenvalue weighted by molar-refractivity contribution is 5.66. The van der Waals surface area contributed by atoms with Crippen LogP contribution in [0.2, 0.25) is 0 Å². The molecule has 22 heavy (non-hydrogen) atoms. The molecule has 0 radical (unpaired) electrons.